The molecule has 1 atom stereocenters. The van der Waals surface area contributed by atoms with Gasteiger partial charge in [-0.15, -0.1) is 11.8 Å². The van der Waals surface area contributed by atoms with Crippen LogP contribution in [0.15, 0.2) is 47.4 Å². The number of hydrogen-bond donors (Lipinski definition) is 1. The molecule has 1 aliphatic rings. The average Bonchev–Trinajstić information content (AvgIpc) is 2.99. The van der Waals surface area contributed by atoms with Gasteiger partial charge in [0.1, 0.15) is 5.75 Å². The maximum atomic E-state index is 5.85. The minimum absolute atomic E-state index is 0.179. The minimum atomic E-state index is 0.179. The smallest absolute Gasteiger partial charge is 0.127 e. The lowest BCUT2D eigenvalue weighted by molar-refractivity contribution is 0.351. The Bertz CT molecular complexity index is 609. The summed E-state index contributed by atoms with van der Waals surface area (Å²) in [5.41, 5.74) is 3.84. The molecule has 110 valence electrons. The Kier molecular flexibility index (Phi) is 4.51. The summed E-state index contributed by atoms with van der Waals surface area (Å²) < 4.78 is 5.85. The number of fused-ring (bicyclic) bond motifs is 1. The van der Waals surface area contributed by atoms with Crippen LogP contribution in [0.1, 0.15) is 29.7 Å². The maximum Gasteiger partial charge on any atom is 0.127 e. The quantitative estimate of drug-likeness (QED) is 0.842. The number of para-hydroxylation sites is 1. The van der Waals surface area contributed by atoms with Crippen molar-refractivity contribution in [3.8, 4) is 5.75 Å². The van der Waals surface area contributed by atoms with E-state index < -0.39 is 0 Å². The van der Waals surface area contributed by atoms with Gasteiger partial charge in [0, 0.05) is 16.9 Å². The van der Waals surface area contributed by atoms with Crippen molar-refractivity contribution in [1.29, 1.82) is 0 Å². The summed E-state index contributed by atoms with van der Waals surface area (Å²) in [6.45, 7) is 2.98. The SMILES string of the molecule is CCSc1ccc(C(NC)c2cccc3c2OCC3)cc1. The van der Waals surface area contributed by atoms with Gasteiger partial charge in [0.2, 0.25) is 0 Å². The molecule has 0 amide bonds. The van der Waals surface area contributed by atoms with Crippen molar-refractivity contribution in [2.24, 2.45) is 0 Å². The first-order chi connectivity index (χ1) is 10.3. The van der Waals surface area contributed by atoms with Gasteiger partial charge >= 0.3 is 0 Å². The Morgan fingerprint density at radius 2 is 2.00 bits per heavy atom. The van der Waals surface area contributed by atoms with Gasteiger partial charge in [-0.1, -0.05) is 37.3 Å². The first kappa shape index (κ1) is 14.5. The number of rotatable bonds is 5. The molecule has 21 heavy (non-hydrogen) atoms. The molecule has 3 rings (SSSR count). The summed E-state index contributed by atoms with van der Waals surface area (Å²) in [6.07, 6.45) is 1.02. The molecular formula is C18H21NOS. The van der Waals surface area contributed by atoms with Gasteiger partial charge in [-0.2, -0.15) is 0 Å². The normalized spacial score (nSPS) is 14.6. The van der Waals surface area contributed by atoms with Crippen LogP contribution in [0.2, 0.25) is 0 Å². The van der Waals surface area contributed by atoms with E-state index in [1.165, 1.54) is 21.6 Å². The highest BCUT2D eigenvalue weighted by Gasteiger charge is 2.22. The number of hydrogen-bond acceptors (Lipinski definition) is 3. The Balaban J connectivity index is 1.93. The molecule has 1 heterocycles. The Labute approximate surface area is 130 Å². The van der Waals surface area contributed by atoms with E-state index in [0.29, 0.717) is 0 Å². The second-order valence-corrected chi connectivity index (χ2v) is 6.50. The lowest BCUT2D eigenvalue weighted by atomic mass is 9.96. The number of ether oxygens (including phenoxy) is 1. The van der Waals surface area contributed by atoms with E-state index in [1.807, 2.05) is 18.8 Å². The molecule has 1 unspecified atom stereocenters. The summed E-state index contributed by atoms with van der Waals surface area (Å²) in [7, 11) is 2.01. The van der Waals surface area contributed by atoms with Gasteiger partial charge in [-0.25, -0.2) is 0 Å². The van der Waals surface area contributed by atoms with Gasteiger partial charge in [0.25, 0.3) is 0 Å². The van der Waals surface area contributed by atoms with Crippen molar-refractivity contribution < 1.29 is 4.74 Å². The predicted molar refractivity (Wildman–Crippen MR) is 89.4 cm³/mol. The molecule has 0 spiro atoms. The largest absolute Gasteiger partial charge is 0.493 e. The van der Waals surface area contributed by atoms with E-state index in [4.69, 9.17) is 4.74 Å². The third-order valence-electron chi connectivity index (χ3n) is 3.87. The van der Waals surface area contributed by atoms with Crippen molar-refractivity contribution in [1.82, 2.24) is 5.32 Å². The summed E-state index contributed by atoms with van der Waals surface area (Å²) in [6, 6.07) is 15.5. The van der Waals surface area contributed by atoms with Crippen LogP contribution in [0.4, 0.5) is 0 Å². The summed E-state index contributed by atoms with van der Waals surface area (Å²) >= 11 is 1.87. The standard InChI is InChI=1S/C18H21NOS/c1-3-21-15-9-7-13(8-10-15)17(19-2)16-6-4-5-14-11-12-20-18(14)16/h4-10,17,19H,3,11-12H2,1-2H3. The molecule has 0 aromatic heterocycles. The van der Waals surface area contributed by atoms with E-state index in [0.717, 1.165) is 24.5 Å². The molecule has 0 bridgehead atoms. The Hall–Kier alpha value is -1.45. The van der Waals surface area contributed by atoms with Crippen LogP contribution in [0.3, 0.4) is 0 Å². The van der Waals surface area contributed by atoms with Gasteiger partial charge < -0.3 is 10.1 Å². The molecule has 1 aliphatic heterocycles. The minimum Gasteiger partial charge on any atom is -0.493 e. The van der Waals surface area contributed by atoms with Crippen molar-refractivity contribution in [2.75, 3.05) is 19.4 Å². The second-order valence-electron chi connectivity index (χ2n) is 5.16. The van der Waals surface area contributed by atoms with Gasteiger partial charge in [-0.05, 0) is 36.1 Å². The molecule has 2 aromatic carbocycles. The van der Waals surface area contributed by atoms with E-state index in [1.54, 1.807) is 0 Å². The fourth-order valence-corrected chi connectivity index (χ4v) is 3.55. The topological polar surface area (TPSA) is 21.3 Å². The summed E-state index contributed by atoms with van der Waals surface area (Å²) in [4.78, 5) is 1.32. The molecular weight excluding hydrogens is 278 g/mol. The third-order valence-corrected chi connectivity index (χ3v) is 4.76. The van der Waals surface area contributed by atoms with Crippen molar-refractivity contribution in [3.63, 3.8) is 0 Å². The molecule has 2 nitrogen and oxygen atoms in total. The van der Waals surface area contributed by atoms with Crippen molar-refractivity contribution >= 4 is 11.8 Å². The van der Waals surface area contributed by atoms with Crippen LogP contribution >= 0.6 is 11.8 Å². The first-order valence-corrected chi connectivity index (χ1v) is 8.46. The van der Waals surface area contributed by atoms with Crippen molar-refractivity contribution in [3.05, 3.63) is 59.2 Å². The maximum absolute atomic E-state index is 5.85. The highest BCUT2D eigenvalue weighted by molar-refractivity contribution is 7.99. The molecule has 1 N–H and O–H groups in total. The van der Waals surface area contributed by atoms with Crippen LogP contribution in [0, 0.1) is 0 Å². The summed E-state index contributed by atoms with van der Waals surface area (Å²) in [5.74, 6) is 2.18. The highest BCUT2D eigenvalue weighted by Crippen LogP contribution is 2.36. The first-order valence-electron chi connectivity index (χ1n) is 7.48. The van der Waals surface area contributed by atoms with Crippen LogP contribution in [0.5, 0.6) is 5.75 Å². The zero-order chi connectivity index (χ0) is 14.7. The second kappa shape index (κ2) is 6.54. The fourth-order valence-electron chi connectivity index (χ4n) is 2.89. The number of thioether (sulfide) groups is 1. The molecule has 0 fully saturated rings. The van der Waals surface area contributed by atoms with Gasteiger partial charge in [-0.3, -0.25) is 0 Å². The average molecular weight is 299 g/mol. The fraction of sp³-hybridized carbons (Fsp3) is 0.333. The third kappa shape index (κ3) is 2.94. The van der Waals surface area contributed by atoms with Crippen LogP contribution < -0.4 is 10.1 Å². The van der Waals surface area contributed by atoms with Gasteiger partial charge in [0.05, 0.1) is 12.6 Å². The molecule has 0 saturated heterocycles. The zero-order valence-electron chi connectivity index (χ0n) is 12.6. The van der Waals surface area contributed by atoms with Crippen LogP contribution in [-0.2, 0) is 6.42 Å². The van der Waals surface area contributed by atoms with E-state index in [2.05, 4.69) is 54.7 Å². The molecule has 0 saturated carbocycles. The molecule has 0 radical (unpaired) electrons. The van der Waals surface area contributed by atoms with Crippen LogP contribution in [-0.4, -0.2) is 19.4 Å². The van der Waals surface area contributed by atoms with E-state index in [-0.39, 0.29) is 6.04 Å². The van der Waals surface area contributed by atoms with E-state index in [9.17, 15) is 0 Å². The van der Waals surface area contributed by atoms with Gasteiger partial charge in [0.15, 0.2) is 0 Å². The summed E-state index contributed by atoms with van der Waals surface area (Å²) in [5, 5.41) is 3.43. The monoisotopic (exact) mass is 299 g/mol. The Morgan fingerprint density at radius 1 is 1.19 bits per heavy atom. The predicted octanol–water partition coefficient (Wildman–Crippen LogP) is 4.04. The molecule has 0 aliphatic carbocycles. The lowest BCUT2D eigenvalue weighted by Crippen LogP contribution is -2.18. The number of nitrogens with one attached hydrogen (secondary N) is 1. The zero-order valence-corrected chi connectivity index (χ0v) is 13.4. The van der Waals surface area contributed by atoms with Crippen LogP contribution in [0.25, 0.3) is 0 Å². The van der Waals surface area contributed by atoms with E-state index >= 15 is 0 Å². The Morgan fingerprint density at radius 3 is 2.71 bits per heavy atom. The molecule has 3 heteroatoms. The lowest BCUT2D eigenvalue weighted by Gasteiger charge is -2.20. The highest BCUT2D eigenvalue weighted by atomic mass is 32.2. The number of benzene rings is 2. The molecule has 2 aromatic rings. The van der Waals surface area contributed by atoms with Crippen molar-refractivity contribution in [2.45, 2.75) is 24.3 Å².